The smallest absolute Gasteiger partial charge is 0.262 e. The fraction of sp³-hybridized carbons (Fsp3) is 0.556. The van der Waals surface area contributed by atoms with Crippen molar-refractivity contribution in [3.05, 3.63) is 12.3 Å². The molecule has 0 aliphatic carbocycles. The van der Waals surface area contributed by atoms with Crippen LogP contribution in [-0.4, -0.2) is 21.4 Å². The summed E-state index contributed by atoms with van der Waals surface area (Å²) < 4.78 is 14.8. The van der Waals surface area contributed by atoms with Crippen LogP contribution < -0.4 is 5.32 Å². The Hall–Kier alpha value is -1.39. The molecule has 1 aromatic rings. The third kappa shape index (κ3) is 2.55. The summed E-state index contributed by atoms with van der Waals surface area (Å²) in [5, 5.41) is 6.39. The van der Waals surface area contributed by atoms with Crippen molar-refractivity contribution < 1.29 is 9.18 Å². The number of carbonyl (C=O) groups is 1. The maximum atomic E-state index is 13.1. The first kappa shape index (κ1) is 10.7. The molecule has 1 amide bonds. The Morgan fingerprint density at radius 1 is 1.71 bits per heavy atom. The number of hydrogen-bond acceptors (Lipinski definition) is 2. The van der Waals surface area contributed by atoms with E-state index in [0.29, 0.717) is 5.82 Å². The number of carbonyl (C=O) groups excluding carboxylic acids is 1. The normalized spacial score (nSPS) is 11.4. The zero-order chi connectivity index (χ0) is 10.8. The van der Waals surface area contributed by atoms with Crippen LogP contribution in [0.25, 0.3) is 0 Å². The van der Waals surface area contributed by atoms with Crippen LogP contribution in [0.1, 0.15) is 20.8 Å². The zero-order valence-corrected chi connectivity index (χ0v) is 8.54. The van der Waals surface area contributed by atoms with E-state index >= 15 is 0 Å². The van der Waals surface area contributed by atoms with Crippen LogP contribution in [0.15, 0.2) is 12.3 Å². The van der Waals surface area contributed by atoms with E-state index in [1.54, 1.807) is 16.9 Å². The first-order valence-electron chi connectivity index (χ1n) is 4.47. The molecule has 1 rings (SSSR count). The van der Waals surface area contributed by atoms with Crippen LogP contribution in [0.2, 0.25) is 0 Å². The van der Waals surface area contributed by atoms with E-state index in [9.17, 15) is 9.18 Å². The van der Waals surface area contributed by atoms with Crippen LogP contribution in [0, 0.1) is 0 Å². The first-order valence-corrected chi connectivity index (χ1v) is 4.47. The predicted octanol–water partition coefficient (Wildman–Crippen LogP) is 1.59. The molecule has 0 aliphatic rings. The van der Waals surface area contributed by atoms with Crippen molar-refractivity contribution in [2.75, 3.05) is 5.32 Å². The van der Waals surface area contributed by atoms with E-state index < -0.39 is 11.6 Å². The van der Waals surface area contributed by atoms with Crippen molar-refractivity contribution in [2.45, 2.75) is 33.0 Å². The summed E-state index contributed by atoms with van der Waals surface area (Å²) in [6.07, 6.45) is 1.72. The lowest BCUT2D eigenvalue weighted by Gasteiger charge is -2.12. The molecule has 4 nitrogen and oxygen atoms in total. The van der Waals surface area contributed by atoms with Crippen LogP contribution in [-0.2, 0) is 11.3 Å². The highest BCUT2D eigenvalue weighted by molar-refractivity contribution is 5.95. The molecule has 14 heavy (non-hydrogen) atoms. The number of aryl methyl sites for hydroxylation is 1. The summed E-state index contributed by atoms with van der Waals surface area (Å²) >= 11 is 0. The predicted molar refractivity (Wildman–Crippen MR) is 51.7 cm³/mol. The zero-order valence-electron chi connectivity index (χ0n) is 8.54. The summed E-state index contributed by atoms with van der Waals surface area (Å²) in [4.78, 5) is 11.2. The molecule has 0 saturated heterocycles. The van der Waals surface area contributed by atoms with Crippen molar-refractivity contribution in [3.63, 3.8) is 0 Å². The number of hydrogen-bond donors (Lipinski definition) is 1. The first-order chi connectivity index (χ1) is 6.43. The van der Waals surface area contributed by atoms with E-state index in [0.717, 1.165) is 6.54 Å². The number of anilines is 1. The van der Waals surface area contributed by atoms with Gasteiger partial charge < -0.3 is 5.32 Å². The average Bonchev–Trinajstić information content (AvgIpc) is 2.50. The van der Waals surface area contributed by atoms with E-state index in [4.69, 9.17) is 0 Å². The highest BCUT2D eigenvalue weighted by Gasteiger charge is 2.26. The van der Waals surface area contributed by atoms with Gasteiger partial charge in [0.2, 0.25) is 0 Å². The summed E-state index contributed by atoms with van der Waals surface area (Å²) in [7, 11) is 0. The fourth-order valence-electron chi connectivity index (χ4n) is 0.869. The number of aromatic nitrogens is 2. The van der Waals surface area contributed by atoms with Crippen LogP contribution in [0.3, 0.4) is 0 Å². The Kier molecular flexibility index (Phi) is 2.88. The summed E-state index contributed by atoms with van der Waals surface area (Å²) in [6, 6.07) is 1.63. The Bertz CT molecular complexity index is 327. The second kappa shape index (κ2) is 3.77. The van der Waals surface area contributed by atoms with Crippen molar-refractivity contribution >= 4 is 11.7 Å². The van der Waals surface area contributed by atoms with Crippen molar-refractivity contribution in [2.24, 2.45) is 0 Å². The third-order valence-corrected chi connectivity index (χ3v) is 1.75. The number of rotatable bonds is 3. The number of amides is 1. The lowest BCUT2D eigenvalue weighted by molar-refractivity contribution is -0.125. The van der Waals surface area contributed by atoms with E-state index in [-0.39, 0.29) is 0 Å². The quantitative estimate of drug-likeness (QED) is 0.803. The Morgan fingerprint density at radius 3 is 2.79 bits per heavy atom. The van der Waals surface area contributed by atoms with Gasteiger partial charge in [-0.2, -0.15) is 5.10 Å². The SMILES string of the molecule is CCn1ccc(NC(=O)C(C)(C)F)n1. The Morgan fingerprint density at radius 2 is 2.36 bits per heavy atom. The van der Waals surface area contributed by atoms with Gasteiger partial charge in [0.05, 0.1) is 0 Å². The van der Waals surface area contributed by atoms with Gasteiger partial charge in [0.25, 0.3) is 5.91 Å². The van der Waals surface area contributed by atoms with Crippen molar-refractivity contribution in [1.29, 1.82) is 0 Å². The monoisotopic (exact) mass is 199 g/mol. The number of nitrogens with one attached hydrogen (secondary N) is 1. The van der Waals surface area contributed by atoms with Crippen molar-refractivity contribution in [1.82, 2.24) is 9.78 Å². The van der Waals surface area contributed by atoms with Gasteiger partial charge in [-0.15, -0.1) is 0 Å². The fourth-order valence-corrected chi connectivity index (χ4v) is 0.869. The largest absolute Gasteiger partial charge is 0.306 e. The molecule has 78 valence electrons. The molecule has 0 aliphatic heterocycles. The minimum absolute atomic E-state index is 0.377. The second-order valence-electron chi connectivity index (χ2n) is 3.48. The van der Waals surface area contributed by atoms with Gasteiger partial charge in [-0.1, -0.05) is 0 Å². The molecular weight excluding hydrogens is 185 g/mol. The van der Waals surface area contributed by atoms with Crippen molar-refractivity contribution in [3.8, 4) is 0 Å². The standard InChI is InChI=1S/C9H14FN3O/c1-4-13-6-5-7(12-13)11-8(14)9(2,3)10/h5-6H,4H2,1-3H3,(H,11,12,14). The highest BCUT2D eigenvalue weighted by Crippen LogP contribution is 2.12. The van der Waals surface area contributed by atoms with Crippen LogP contribution >= 0.6 is 0 Å². The molecule has 1 heterocycles. The molecule has 1 N–H and O–H groups in total. The van der Waals surface area contributed by atoms with Gasteiger partial charge >= 0.3 is 0 Å². The maximum absolute atomic E-state index is 13.1. The molecular formula is C9H14FN3O. The lowest BCUT2D eigenvalue weighted by atomic mass is 10.1. The van der Waals surface area contributed by atoms with Gasteiger partial charge in [-0.25, -0.2) is 4.39 Å². The number of nitrogens with zero attached hydrogens (tertiary/aromatic N) is 2. The van der Waals surface area contributed by atoms with Gasteiger partial charge in [-0.3, -0.25) is 9.48 Å². The van der Waals surface area contributed by atoms with Gasteiger partial charge in [0.1, 0.15) is 0 Å². The lowest BCUT2D eigenvalue weighted by Crippen LogP contribution is -2.32. The summed E-state index contributed by atoms with van der Waals surface area (Å²) in [5.74, 6) is -0.304. The molecule has 0 bridgehead atoms. The molecule has 5 heteroatoms. The minimum Gasteiger partial charge on any atom is -0.306 e. The number of halogens is 1. The van der Waals surface area contributed by atoms with Gasteiger partial charge in [-0.05, 0) is 20.8 Å². The van der Waals surface area contributed by atoms with E-state index in [1.165, 1.54) is 13.8 Å². The summed E-state index contributed by atoms with van der Waals surface area (Å²) in [6.45, 7) is 5.06. The third-order valence-electron chi connectivity index (χ3n) is 1.75. The van der Waals surface area contributed by atoms with E-state index in [2.05, 4.69) is 10.4 Å². The molecule has 0 atom stereocenters. The molecule has 0 aromatic carbocycles. The van der Waals surface area contributed by atoms with Gasteiger partial charge in [0, 0.05) is 18.8 Å². The molecule has 0 radical (unpaired) electrons. The van der Waals surface area contributed by atoms with Crippen LogP contribution in [0.4, 0.5) is 10.2 Å². The highest BCUT2D eigenvalue weighted by atomic mass is 19.1. The van der Waals surface area contributed by atoms with E-state index in [1.807, 2.05) is 6.92 Å². The number of alkyl halides is 1. The van der Waals surface area contributed by atoms with Gasteiger partial charge in [0.15, 0.2) is 11.5 Å². The molecule has 0 unspecified atom stereocenters. The second-order valence-corrected chi connectivity index (χ2v) is 3.48. The Balaban J connectivity index is 2.65. The summed E-state index contributed by atoms with van der Waals surface area (Å²) in [5.41, 5.74) is -1.88. The topological polar surface area (TPSA) is 46.9 Å². The maximum Gasteiger partial charge on any atom is 0.262 e. The molecule has 1 aromatic heterocycles. The molecule has 0 spiro atoms. The van der Waals surface area contributed by atoms with Crippen LogP contribution in [0.5, 0.6) is 0 Å². The molecule has 0 fully saturated rings. The Labute approximate surface area is 82.1 Å². The molecule has 0 saturated carbocycles. The average molecular weight is 199 g/mol. The minimum atomic E-state index is -1.88.